The Balaban J connectivity index is 2.53. The number of hydrogen-bond acceptors (Lipinski definition) is 4. The molecule has 1 fully saturated rings. The Morgan fingerprint density at radius 2 is 1.89 bits per heavy atom. The van der Waals surface area contributed by atoms with Gasteiger partial charge in [-0.25, -0.2) is 9.59 Å². The van der Waals surface area contributed by atoms with Crippen LogP contribution in [0.1, 0.15) is 6.42 Å². The van der Waals surface area contributed by atoms with Crippen LogP contribution in [0.3, 0.4) is 0 Å². The van der Waals surface area contributed by atoms with Crippen molar-refractivity contribution in [3.05, 3.63) is 0 Å². The van der Waals surface area contributed by atoms with E-state index in [-0.39, 0.29) is 0 Å². The molecule has 1 rings (SSSR count). The van der Waals surface area contributed by atoms with Crippen LogP contribution in [0.5, 0.6) is 0 Å². The highest BCUT2D eigenvalue weighted by Crippen LogP contribution is 2.02. The number of primary amides is 1. The number of hydrogen-bond donors (Lipinski definition) is 3. The molecule has 0 aromatic rings. The van der Waals surface area contributed by atoms with Crippen LogP contribution in [0.15, 0.2) is 0 Å². The van der Waals surface area contributed by atoms with Gasteiger partial charge in [0.05, 0.1) is 6.42 Å². The van der Waals surface area contributed by atoms with Crippen LogP contribution in [-0.2, 0) is 20.4 Å². The second-order valence-electron chi connectivity index (χ2n) is 3.85. The Morgan fingerprint density at radius 3 is 2.33 bits per heavy atom. The fraction of sp³-hybridized carbons (Fsp3) is 0.667. The number of urea groups is 1. The van der Waals surface area contributed by atoms with Gasteiger partial charge in [0.25, 0.3) is 0 Å². The minimum absolute atomic E-state index is 0.307. The highest BCUT2D eigenvalue weighted by Gasteiger charge is 2.26. The first-order valence-electron chi connectivity index (χ1n) is 5.31. The highest BCUT2D eigenvalue weighted by atomic mass is 32.2. The van der Waals surface area contributed by atoms with Gasteiger partial charge in [-0.3, -0.25) is 9.00 Å². The highest BCUT2D eigenvalue weighted by molar-refractivity contribution is 7.85. The van der Waals surface area contributed by atoms with Crippen molar-refractivity contribution in [1.29, 1.82) is 0 Å². The van der Waals surface area contributed by atoms with Crippen LogP contribution in [0.4, 0.5) is 4.79 Å². The van der Waals surface area contributed by atoms with Crippen LogP contribution < -0.4 is 11.1 Å². The summed E-state index contributed by atoms with van der Waals surface area (Å²) >= 11 is 0. The van der Waals surface area contributed by atoms with E-state index in [0.717, 1.165) is 0 Å². The number of carbonyl (C=O) groups excluding carboxylic acids is 2. The molecule has 9 heteroatoms. The molecule has 0 saturated carbocycles. The van der Waals surface area contributed by atoms with Crippen molar-refractivity contribution in [2.45, 2.75) is 12.5 Å². The van der Waals surface area contributed by atoms with Crippen molar-refractivity contribution in [3.8, 4) is 0 Å². The van der Waals surface area contributed by atoms with E-state index in [9.17, 15) is 18.6 Å². The summed E-state index contributed by atoms with van der Waals surface area (Å²) in [6.07, 6.45) is -0.457. The third-order valence-corrected chi connectivity index (χ3v) is 3.74. The Labute approximate surface area is 106 Å². The van der Waals surface area contributed by atoms with E-state index < -0.39 is 41.2 Å². The number of amides is 3. The summed E-state index contributed by atoms with van der Waals surface area (Å²) in [5.41, 5.74) is 4.90. The first kappa shape index (κ1) is 14.4. The van der Waals surface area contributed by atoms with Gasteiger partial charge in [0.15, 0.2) is 0 Å². The molecule has 102 valence electrons. The van der Waals surface area contributed by atoms with Crippen LogP contribution in [0, 0.1) is 0 Å². The Hall–Kier alpha value is -1.64. The molecule has 1 atom stereocenters. The van der Waals surface area contributed by atoms with Crippen molar-refractivity contribution in [1.82, 2.24) is 10.2 Å². The number of nitrogens with zero attached hydrogens (tertiary/aromatic N) is 1. The summed E-state index contributed by atoms with van der Waals surface area (Å²) in [6.45, 7) is 0.614. The maximum Gasteiger partial charge on any atom is 0.326 e. The van der Waals surface area contributed by atoms with Crippen LogP contribution in [0.25, 0.3) is 0 Å². The number of carboxylic acid groups (broad SMARTS) is 1. The fourth-order valence-corrected chi connectivity index (χ4v) is 2.53. The molecule has 0 bridgehead atoms. The number of rotatable bonds is 4. The Bertz CT molecular complexity index is 376. The second-order valence-corrected chi connectivity index (χ2v) is 5.54. The normalized spacial score (nSPS) is 18.1. The zero-order valence-corrected chi connectivity index (χ0v) is 10.4. The van der Waals surface area contributed by atoms with E-state index >= 15 is 0 Å². The summed E-state index contributed by atoms with van der Waals surface area (Å²) in [7, 11) is -0.920. The van der Waals surface area contributed by atoms with Crippen molar-refractivity contribution < 1.29 is 23.7 Å². The van der Waals surface area contributed by atoms with Gasteiger partial charge in [-0.2, -0.15) is 0 Å². The molecule has 1 saturated heterocycles. The third kappa shape index (κ3) is 4.32. The molecule has 0 aliphatic carbocycles. The van der Waals surface area contributed by atoms with E-state index in [1.165, 1.54) is 4.90 Å². The summed E-state index contributed by atoms with van der Waals surface area (Å²) in [4.78, 5) is 34.6. The van der Waals surface area contributed by atoms with Crippen molar-refractivity contribution in [2.75, 3.05) is 24.6 Å². The monoisotopic (exact) mass is 277 g/mol. The molecule has 4 N–H and O–H groups in total. The molecule has 0 spiro atoms. The molecular formula is C9H15N3O5S. The predicted molar refractivity (Wildman–Crippen MR) is 63.2 cm³/mol. The minimum Gasteiger partial charge on any atom is -0.480 e. The van der Waals surface area contributed by atoms with Gasteiger partial charge >= 0.3 is 12.0 Å². The summed E-state index contributed by atoms with van der Waals surface area (Å²) in [6, 6.07) is -1.91. The third-order valence-electron chi connectivity index (χ3n) is 2.47. The van der Waals surface area contributed by atoms with Crippen LogP contribution >= 0.6 is 0 Å². The van der Waals surface area contributed by atoms with Gasteiger partial charge in [-0.15, -0.1) is 0 Å². The molecule has 0 aromatic carbocycles. The lowest BCUT2D eigenvalue weighted by Crippen LogP contribution is -2.52. The number of nitrogens with one attached hydrogen (secondary N) is 1. The smallest absolute Gasteiger partial charge is 0.326 e. The van der Waals surface area contributed by atoms with E-state index in [1.807, 2.05) is 0 Å². The van der Waals surface area contributed by atoms with Crippen molar-refractivity contribution >= 4 is 28.7 Å². The van der Waals surface area contributed by atoms with Crippen molar-refractivity contribution in [2.24, 2.45) is 5.73 Å². The van der Waals surface area contributed by atoms with Gasteiger partial charge < -0.3 is 21.1 Å². The second kappa shape index (κ2) is 6.34. The molecular weight excluding hydrogens is 262 g/mol. The largest absolute Gasteiger partial charge is 0.480 e. The lowest BCUT2D eigenvalue weighted by atomic mass is 10.2. The predicted octanol–water partition coefficient (Wildman–Crippen LogP) is -1.91. The summed E-state index contributed by atoms with van der Waals surface area (Å²) in [5, 5.41) is 11.0. The number of carbonyl (C=O) groups is 3. The zero-order valence-electron chi connectivity index (χ0n) is 9.63. The lowest BCUT2D eigenvalue weighted by Gasteiger charge is -2.27. The lowest BCUT2D eigenvalue weighted by molar-refractivity contribution is -0.140. The maximum absolute atomic E-state index is 11.7. The van der Waals surface area contributed by atoms with Gasteiger partial charge in [0, 0.05) is 35.4 Å². The fourth-order valence-electron chi connectivity index (χ4n) is 1.48. The topological polar surface area (TPSA) is 130 Å². The SMILES string of the molecule is NC(=O)C[C@@H](NC(=O)N1CCS(=O)CC1)C(=O)O. The average molecular weight is 277 g/mol. The minimum atomic E-state index is -1.33. The molecule has 0 unspecified atom stereocenters. The molecule has 1 heterocycles. The maximum atomic E-state index is 11.7. The zero-order chi connectivity index (χ0) is 13.7. The van der Waals surface area contributed by atoms with Crippen LogP contribution in [-0.4, -0.2) is 62.8 Å². The molecule has 18 heavy (non-hydrogen) atoms. The average Bonchev–Trinajstić information content (AvgIpc) is 2.28. The van der Waals surface area contributed by atoms with Gasteiger partial charge in [-0.1, -0.05) is 0 Å². The molecule has 8 nitrogen and oxygen atoms in total. The molecule has 0 radical (unpaired) electrons. The van der Waals surface area contributed by atoms with Crippen molar-refractivity contribution in [3.63, 3.8) is 0 Å². The summed E-state index contributed by atoms with van der Waals surface area (Å²) < 4.78 is 11.1. The number of carboxylic acids is 1. The van der Waals surface area contributed by atoms with E-state index in [4.69, 9.17) is 10.8 Å². The van der Waals surface area contributed by atoms with Crippen LogP contribution in [0.2, 0.25) is 0 Å². The number of nitrogens with two attached hydrogens (primary N) is 1. The molecule has 3 amide bonds. The van der Waals surface area contributed by atoms with Gasteiger partial charge in [-0.05, 0) is 0 Å². The molecule has 1 aliphatic rings. The first-order chi connectivity index (χ1) is 8.40. The molecule has 1 aliphatic heterocycles. The Morgan fingerprint density at radius 1 is 1.33 bits per heavy atom. The molecule has 0 aromatic heterocycles. The first-order valence-corrected chi connectivity index (χ1v) is 6.80. The standard InChI is InChI=1S/C9H15N3O5S/c10-7(13)5-6(8(14)15)11-9(16)12-1-3-18(17)4-2-12/h6H,1-5H2,(H2,10,13)(H,11,16)(H,14,15)/t6-/m1/s1. The Kier molecular flexibility index (Phi) is 5.08. The van der Waals surface area contributed by atoms with Gasteiger partial charge in [0.2, 0.25) is 5.91 Å². The van der Waals surface area contributed by atoms with E-state index in [0.29, 0.717) is 24.6 Å². The van der Waals surface area contributed by atoms with E-state index in [1.54, 1.807) is 0 Å². The van der Waals surface area contributed by atoms with E-state index in [2.05, 4.69) is 5.32 Å². The quantitative estimate of drug-likeness (QED) is 0.552. The number of aliphatic carboxylic acids is 1. The van der Waals surface area contributed by atoms with Gasteiger partial charge in [0.1, 0.15) is 6.04 Å². The summed E-state index contributed by atoms with van der Waals surface area (Å²) in [5.74, 6) is -1.37.